The predicted octanol–water partition coefficient (Wildman–Crippen LogP) is 4.67. The number of halogens is 1. The molecule has 0 aliphatic heterocycles. The van der Waals surface area contributed by atoms with Crippen molar-refractivity contribution in [3.05, 3.63) is 82.8 Å². The molecule has 0 saturated heterocycles. The highest BCUT2D eigenvalue weighted by Gasteiger charge is 2.14. The molecule has 26 heavy (non-hydrogen) atoms. The molecule has 1 aromatic heterocycles. The van der Waals surface area contributed by atoms with E-state index in [1.807, 2.05) is 49.4 Å². The second-order valence-electron chi connectivity index (χ2n) is 5.93. The van der Waals surface area contributed by atoms with E-state index in [1.54, 1.807) is 25.1 Å². The van der Waals surface area contributed by atoms with Crippen LogP contribution in [0.4, 0.5) is 11.5 Å². The van der Waals surface area contributed by atoms with Crippen molar-refractivity contribution < 1.29 is 4.79 Å². The molecular formula is C20H19ClN4O. The van der Waals surface area contributed by atoms with E-state index in [1.165, 1.54) is 0 Å². The maximum Gasteiger partial charge on any atom is 0.270 e. The summed E-state index contributed by atoms with van der Waals surface area (Å²) < 4.78 is 0. The molecule has 3 aromatic rings. The van der Waals surface area contributed by atoms with Crippen molar-refractivity contribution in [2.45, 2.75) is 19.9 Å². The molecule has 3 rings (SSSR count). The van der Waals surface area contributed by atoms with Crippen LogP contribution in [0.15, 0.2) is 60.7 Å². The number of aromatic nitrogens is 2. The van der Waals surface area contributed by atoms with Crippen LogP contribution < -0.4 is 10.6 Å². The number of rotatable bonds is 5. The average molecular weight is 367 g/mol. The number of aryl methyl sites for hydroxylation is 1. The van der Waals surface area contributed by atoms with Gasteiger partial charge in [-0.05, 0) is 37.6 Å². The highest BCUT2D eigenvalue weighted by Crippen LogP contribution is 2.20. The van der Waals surface area contributed by atoms with Gasteiger partial charge in [0.05, 0.1) is 6.04 Å². The Morgan fingerprint density at radius 2 is 1.81 bits per heavy atom. The third-order valence-corrected chi connectivity index (χ3v) is 4.05. The predicted molar refractivity (Wildman–Crippen MR) is 104 cm³/mol. The average Bonchev–Trinajstić information content (AvgIpc) is 2.62. The molecule has 2 aromatic carbocycles. The molecule has 0 saturated carbocycles. The van der Waals surface area contributed by atoms with Crippen LogP contribution in [-0.4, -0.2) is 15.9 Å². The monoisotopic (exact) mass is 366 g/mol. The van der Waals surface area contributed by atoms with Gasteiger partial charge in [0.1, 0.15) is 17.3 Å². The lowest BCUT2D eigenvalue weighted by atomic mass is 10.1. The lowest BCUT2D eigenvalue weighted by molar-refractivity contribution is 0.0934. The molecule has 0 radical (unpaired) electrons. The first kappa shape index (κ1) is 17.9. The quantitative estimate of drug-likeness (QED) is 0.688. The molecule has 0 aliphatic carbocycles. The van der Waals surface area contributed by atoms with Crippen LogP contribution in [0.3, 0.4) is 0 Å². The summed E-state index contributed by atoms with van der Waals surface area (Å²) in [5.74, 6) is 0.799. The largest absolute Gasteiger partial charge is 0.344 e. The van der Waals surface area contributed by atoms with Crippen LogP contribution >= 0.6 is 11.6 Å². The SMILES string of the molecule is Cc1nc(Nc2cccc(Cl)c2)cc(C(=O)NC(C)c2ccccc2)n1. The zero-order valence-electron chi connectivity index (χ0n) is 14.5. The number of hydrogen-bond donors (Lipinski definition) is 2. The summed E-state index contributed by atoms with van der Waals surface area (Å²) >= 11 is 6.00. The molecule has 1 unspecified atom stereocenters. The van der Waals surface area contributed by atoms with Crippen LogP contribution in [-0.2, 0) is 0 Å². The number of nitrogens with zero attached hydrogens (tertiary/aromatic N) is 2. The van der Waals surface area contributed by atoms with E-state index in [-0.39, 0.29) is 11.9 Å². The first-order valence-corrected chi connectivity index (χ1v) is 8.63. The fourth-order valence-electron chi connectivity index (χ4n) is 2.56. The van der Waals surface area contributed by atoms with Gasteiger partial charge >= 0.3 is 0 Å². The fraction of sp³-hybridized carbons (Fsp3) is 0.150. The maximum absolute atomic E-state index is 12.6. The van der Waals surface area contributed by atoms with Gasteiger partial charge in [-0.25, -0.2) is 9.97 Å². The molecule has 132 valence electrons. The number of carbonyl (C=O) groups is 1. The van der Waals surface area contributed by atoms with Gasteiger partial charge < -0.3 is 10.6 Å². The summed E-state index contributed by atoms with van der Waals surface area (Å²) in [5.41, 5.74) is 2.13. The van der Waals surface area contributed by atoms with E-state index in [0.29, 0.717) is 22.4 Å². The topological polar surface area (TPSA) is 66.9 Å². The number of hydrogen-bond acceptors (Lipinski definition) is 4. The summed E-state index contributed by atoms with van der Waals surface area (Å²) in [7, 11) is 0. The molecule has 0 aliphatic rings. The Labute approximate surface area is 157 Å². The van der Waals surface area contributed by atoms with Crippen LogP contribution in [0, 0.1) is 6.92 Å². The van der Waals surface area contributed by atoms with Crippen LogP contribution in [0.2, 0.25) is 5.02 Å². The standard InChI is InChI=1S/C20H19ClN4O/c1-13(15-7-4-3-5-8-15)22-20(26)18-12-19(24-14(2)23-18)25-17-10-6-9-16(21)11-17/h3-13H,1-2H3,(H,22,26)(H,23,24,25). The van der Waals surface area contributed by atoms with E-state index < -0.39 is 0 Å². The van der Waals surface area contributed by atoms with E-state index >= 15 is 0 Å². The number of anilines is 2. The Hall–Kier alpha value is -2.92. The number of benzene rings is 2. The van der Waals surface area contributed by atoms with Crippen molar-refractivity contribution >= 4 is 29.0 Å². The van der Waals surface area contributed by atoms with Gasteiger partial charge in [-0.2, -0.15) is 0 Å². The number of amides is 1. The molecule has 1 atom stereocenters. The summed E-state index contributed by atoms with van der Waals surface area (Å²) in [5, 5.41) is 6.73. The van der Waals surface area contributed by atoms with Crippen molar-refractivity contribution in [3.63, 3.8) is 0 Å². The van der Waals surface area contributed by atoms with Crippen LogP contribution in [0.1, 0.15) is 34.8 Å². The molecule has 0 bridgehead atoms. The lowest BCUT2D eigenvalue weighted by Gasteiger charge is -2.14. The molecule has 2 N–H and O–H groups in total. The first-order valence-electron chi connectivity index (χ1n) is 8.25. The summed E-state index contributed by atoms with van der Waals surface area (Å²) in [6.45, 7) is 3.69. The van der Waals surface area contributed by atoms with Crippen molar-refractivity contribution in [1.29, 1.82) is 0 Å². The van der Waals surface area contributed by atoms with Gasteiger partial charge in [-0.15, -0.1) is 0 Å². The minimum Gasteiger partial charge on any atom is -0.344 e. The van der Waals surface area contributed by atoms with Gasteiger partial charge in [0.25, 0.3) is 5.91 Å². The third-order valence-electron chi connectivity index (χ3n) is 3.81. The van der Waals surface area contributed by atoms with Gasteiger partial charge in [-0.3, -0.25) is 4.79 Å². The Bertz CT molecular complexity index is 915. The third kappa shape index (κ3) is 4.58. The molecule has 1 amide bonds. The summed E-state index contributed by atoms with van der Waals surface area (Å²) in [6.07, 6.45) is 0. The zero-order valence-corrected chi connectivity index (χ0v) is 15.3. The smallest absolute Gasteiger partial charge is 0.270 e. The summed E-state index contributed by atoms with van der Waals surface area (Å²) in [6, 6.07) is 18.6. The Morgan fingerprint density at radius 3 is 2.54 bits per heavy atom. The van der Waals surface area contributed by atoms with Crippen LogP contribution in [0.25, 0.3) is 0 Å². The van der Waals surface area contributed by atoms with Gasteiger partial charge in [0.2, 0.25) is 0 Å². The van der Waals surface area contributed by atoms with Crippen molar-refractivity contribution in [2.24, 2.45) is 0 Å². The highest BCUT2D eigenvalue weighted by atomic mass is 35.5. The zero-order chi connectivity index (χ0) is 18.5. The number of carbonyl (C=O) groups excluding carboxylic acids is 1. The molecule has 0 fully saturated rings. The van der Waals surface area contributed by atoms with Gasteiger partial charge in [0.15, 0.2) is 0 Å². The molecule has 6 heteroatoms. The van der Waals surface area contributed by atoms with E-state index in [2.05, 4.69) is 20.6 Å². The fourth-order valence-corrected chi connectivity index (χ4v) is 2.75. The Kier molecular flexibility index (Phi) is 5.49. The van der Waals surface area contributed by atoms with Crippen molar-refractivity contribution in [2.75, 3.05) is 5.32 Å². The first-order chi connectivity index (χ1) is 12.5. The second kappa shape index (κ2) is 7.97. The van der Waals surface area contributed by atoms with Gasteiger partial charge in [-0.1, -0.05) is 48.0 Å². The second-order valence-corrected chi connectivity index (χ2v) is 6.36. The highest BCUT2D eigenvalue weighted by molar-refractivity contribution is 6.30. The van der Waals surface area contributed by atoms with Crippen molar-refractivity contribution in [1.82, 2.24) is 15.3 Å². The Balaban J connectivity index is 1.77. The lowest BCUT2D eigenvalue weighted by Crippen LogP contribution is -2.27. The molecule has 0 spiro atoms. The summed E-state index contributed by atoms with van der Waals surface area (Å²) in [4.78, 5) is 21.2. The maximum atomic E-state index is 12.6. The van der Waals surface area contributed by atoms with Gasteiger partial charge in [0, 0.05) is 16.8 Å². The molecular weight excluding hydrogens is 348 g/mol. The van der Waals surface area contributed by atoms with E-state index in [0.717, 1.165) is 11.3 Å². The Morgan fingerprint density at radius 1 is 1.04 bits per heavy atom. The number of nitrogens with one attached hydrogen (secondary N) is 2. The van der Waals surface area contributed by atoms with E-state index in [4.69, 9.17) is 11.6 Å². The molecule has 1 heterocycles. The van der Waals surface area contributed by atoms with Crippen molar-refractivity contribution in [3.8, 4) is 0 Å². The minimum absolute atomic E-state index is 0.122. The minimum atomic E-state index is -0.249. The normalized spacial score (nSPS) is 11.7. The molecule has 5 nitrogen and oxygen atoms in total. The van der Waals surface area contributed by atoms with Crippen LogP contribution in [0.5, 0.6) is 0 Å². The van der Waals surface area contributed by atoms with E-state index in [9.17, 15) is 4.79 Å².